The van der Waals surface area contributed by atoms with Crippen molar-refractivity contribution in [2.24, 2.45) is 0 Å². The van der Waals surface area contributed by atoms with Crippen LogP contribution in [0.3, 0.4) is 0 Å². The van der Waals surface area contributed by atoms with Crippen molar-refractivity contribution in [1.82, 2.24) is 4.90 Å². The van der Waals surface area contributed by atoms with Crippen LogP contribution in [-0.4, -0.2) is 22.6 Å². The Kier molecular flexibility index (Phi) is 7.70. The van der Waals surface area contributed by atoms with Gasteiger partial charge in [-0.15, -0.1) is 0 Å². The number of carbonyl (C=O) groups excluding carboxylic acids is 3. The topological polar surface area (TPSA) is 87.7 Å². The van der Waals surface area contributed by atoms with Gasteiger partial charge in [0.15, 0.2) is 0 Å². The first kappa shape index (κ1) is 25.8. The molecular weight excluding hydrogens is 514 g/mol. The lowest BCUT2D eigenvalue weighted by atomic mass is 10.1. The van der Waals surface area contributed by atoms with Crippen LogP contribution >= 0.6 is 11.6 Å². The van der Waals surface area contributed by atoms with E-state index in [9.17, 15) is 14.4 Å². The fourth-order valence-electron chi connectivity index (χ4n) is 4.03. The fraction of sp³-hybridized carbons (Fsp3) is 0.0645. The van der Waals surface area contributed by atoms with Crippen LogP contribution in [0, 0.1) is 0 Å². The number of rotatable bonds is 9. The Morgan fingerprint density at radius 1 is 0.744 bits per heavy atom. The van der Waals surface area contributed by atoms with Gasteiger partial charge in [0.05, 0.1) is 6.54 Å². The summed E-state index contributed by atoms with van der Waals surface area (Å²) in [6.45, 7) is 0.559. The number of hydrogen-bond donors (Lipinski definition) is 2. The first-order chi connectivity index (χ1) is 19.0. The monoisotopic (exact) mass is 537 g/mol. The van der Waals surface area contributed by atoms with Gasteiger partial charge < -0.3 is 15.4 Å². The Morgan fingerprint density at radius 3 is 2.10 bits per heavy atom. The highest BCUT2D eigenvalue weighted by Crippen LogP contribution is 2.27. The van der Waals surface area contributed by atoms with Crippen LogP contribution in [0.25, 0.3) is 0 Å². The Balaban J connectivity index is 1.21. The molecule has 0 atom stereocenters. The summed E-state index contributed by atoms with van der Waals surface area (Å²) in [6.07, 6.45) is 0. The predicted molar refractivity (Wildman–Crippen MR) is 150 cm³/mol. The molecule has 0 radical (unpaired) electrons. The molecule has 8 heteroatoms. The van der Waals surface area contributed by atoms with Crippen LogP contribution in [0.2, 0.25) is 0 Å². The van der Waals surface area contributed by atoms with Crippen LogP contribution < -0.4 is 15.4 Å². The maximum atomic E-state index is 13.0. The number of benzene rings is 4. The minimum atomic E-state index is -0.571. The van der Waals surface area contributed by atoms with Crippen LogP contribution in [0.1, 0.15) is 21.5 Å². The van der Waals surface area contributed by atoms with Crippen molar-refractivity contribution < 1.29 is 19.1 Å². The van der Waals surface area contributed by atoms with E-state index >= 15 is 0 Å². The summed E-state index contributed by atoms with van der Waals surface area (Å²) in [4.78, 5) is 39.6. The number of carbonyl (C=O) groups is 3. The number of imide groups is 1. The summed E-state index contributed by atoms with van der Waals surface area (Å²) in [5, 5.41) is 5.58. The number of amides is 3. The van der Waals surface area contributed by atoms with E-state index in [1.54, 1.807) is 48.5 Å². The third kappa shape index (κ3) is 6.17. The molecule has 0 saturated heterocycles. The Morgan fingerprint density at radius 2 is 1.41 bits per heavy atom. The third-order valence-electron chi connectivity index (χ3n) is 6.05. The second kappa shape index (κ2) is 11.7. The lowest BCUT2D eigenvalue weighted by Gasteiger charge is -2.15. The Hall–Kier alpha value is -4.88. The minimum Gasteiger partial charge on any atom is -0.489 e. The van der Waals surface area contributed by atoms with E-state index < -0.39 is 11.8 Å². The number of ether oxygens (including phenoxy) is 1. The van der Waals surface area contributed by atoms with E-state index in [1.807, 2.05) is 60.7 Å². The van der Waals surface area contributed by atoms with Gasteiger partial charge in [-0.2, -0.15) is 0 Å². The Labute approximate surface area is 230 Å². The smallest absolute Gasteiger partial charge is 0.279 e. The first-order valence-corrected chi connectivity index (χ1v) is 12.6. The van der Waals surface area contributed by atoms with E-state index in [1.165, 1.54) is 0 Å². The van der Waals surface area contributed by atoms with E-state index in [4.69, 9.17) is 16.3 Å². The fourth-order valence-corrected chi connectivity index (χ4v) is 4.26. The van der Waals surface area contributed by atoms with Gasteiger partial charge in [0.25, 0.3) is 17.7 Å². The molecular formula is C31H24ClN3O4. The average molecular weight is 538 g/mol. The predicted octanol–water partition coefficient (Wildman–Crippen LogP) is 5.95. The van der Waals surface area contributed by atoms with Gasteiger partial charge in [-0.05, 0) is 53.6 Å². The molecule has 4 aromatic carbocycles. The maximum absolute atomic E-state index is 13.0. The molecule has 2 N–H and O–H groups in total. The SMILES string of the molecule is O=C(Nc1ccc(OCc2ccccc2)cc1)c1cccc(NC2=C(Cl)C(=O)N(Cc3ccccc3)C2=O)c1. The molecule has 5 rings (SSSR count). The van der Waals surface area contributed by atoms with Crippen LogP contribution in [0.4, 0.5) is 11.4 Å². The van der Waals surface area contributed by atoms with Crippen molar-refractivity contribution >= 4 is 40.7 Å². The summed E-state index contributed by atoms with van der Waals surface area (Å²) < 4.78 is 5.79. The largest absolute Gasteiger partial charge is 0.489 e. The van der Waals surface area contributed by atoms with Crippen molar-refractivity contribution in [1.29, 1.82) is 0 Å². The number of nitrogens with zero attached hydrogens (tertiary/aromatic N) is 1. The molecule has 0 unspecified atom stereocenters. The molecule has 0 bridgehead atoms. The molecule has 194 valence electrons. The van der Waals surface area contributed by atoms with Gasteiger partial charge in [-0.1, -0.05) is 78.3 Å². The summed E-state index contributed by atoms with van der Waals surface area (Å²) in [5.41, 5.74) is 3.25. The second-order valence-electron chi connectivity index (χ2n) is 8.83. The minimum absolute atomic E-state index is 0.0266. The zero-order valence-corrected chi connectivity index (χ0v) is 21.5. The van der Waals surface area contributed by atoms with Crippen LogP contribution in [0.5, 0.6) is 5.75 Å². The number of hydrogen-bond acceptors (Lipinski definition) is 5. The number of halogens is 1. The molecule has 0 aromatic heterocycles. The van der Waals surface area contributed by atoms with Gasteiger partial charge >= 0.3 is 0 Å². The van der Waals surface area contributed by atoms with Gasteiger partial charge in [0, 0.05) is 16.9 Å². The molecule has 0 fully saturated rings. The van der Waals surface area contributed by atoms with E-state index in [2.05, 4.69) is 10.6 Å². The summed E-state index contributed by atoms with van der Waals surface area (Å²) >= 11 is 6.23. The first-order valence-electron chi connectivity index (χ1n) is 12.2. The van der Waals surface area contributed by atoms with Crippen LogP contribution in [-0.2, 0) is 22.7 Å². The van der Waals surface area contributed by atoms with Gasteiger partial charge in [0.2, 0.25) is 0 Å². The van der Waals surface area contributed by atoms with Gasteiger partial charge in [0.1, 0.15) is 23.1 Å². The van der Waals surface area contributed by atoms with Crippen LogP contribution in [0.15, 0.2) is 120 Å². The summed E-state index contributed by atoms with van der Waals surface area (Å²) in [5.74, 6) is -0.752. The average Bonchev–Trinajstić information content (AvgIpc) is 3.16. The molecule has 1 aliphatic heterocycles. The van der Waals surface area contributed by atoms with Crippen molar-refractivity contribution in [2.75, 3.05) is 10.6 Å². The molecule has 1 heterocycles. The quantitative estimate of drug-likeness (QED) is 0.258. The van der Waals surface area contributed by atoms with Gasteiger partial charge in [-0.3, -0.25) is 19.3 Å². The zero-order valence-electron chi connectivity index (χ0n) is 20.8. The molecule has 39 heavy (non-hydrogen) atoms. The second-order valence-corrected chi connectivity index (χ2v) is 9.21. The highest BCUT2D eigenvalue weighted by atomic mass is 35.5. The summed E-state index contributed by atoms with van der Waals surface area (Å²) in [7, 11) is 0. The molecule has 7 nitrogen and oxygen atoms in total. The number of anilines is 2. The van der Waals surface area contributed by atoms with Crippen molar-refractivity contribution in [2.45, 2.75) is 13.2 Å². The van der Waals surface area contributed by atoms with Crippen molar-refractivity contribution in [3.8, 4) is 5.75 Å². The highest BCUT2D eigenvalue weighted by Gasteiger charge is 2.37. The summed E-state index contributed by atoms with van der Waals surface area (Å²) in [6, 6.07) is 32.7. The molecule has 3 amide bonds. The molecule has 1 aliphatic rings. The van der Waals surface area contributed by atoms with Crippen molar-refractivity contribution in [3.63, 3.8) is 0 Å². The van der Waals surface area contributed by atoms with Gasteiger partial charge in [-0.25, -0.2) is 0 Å². The molecule has 4 aromatic rings. The normalized spacial score (nSPS) is 13.0. The lowest BCUT2D eigenvalue weighted by molar-refractivity contribution is -0.138. The lowest BCUT2D eigenvalue weighted by Crippen LogP contribution is -2.31. The zero-order chi connectivity index (χ0) is 27.2. The molecule has 0 spiro atoms. The highest BCUT2D eigenvalue weighted by molar-refractivity contribution is 6.48. The molecule has 0 aliphatic carbocycles. The van der Waals surface area contributed by atoms with E-state index in [-0.39, 0.29) is 23.2 Å². The molecule has 0 saturated carbocycles. The Bertz CT molecular complexity index is 1540. The third-order valence-corrected chi connectivity index (χ3v) is 6.40. The van der Waals surface area contributed by atoms with Crippen molar-refractivity contribution in [3.05, 3.63) is 137 Å². The van der Waals surface area contributed by atoms with E-state index in [0.29, 0.717) is 29.3 Å². The van der Waals surface area contributed by atoms with E-state index in [0.717, 1.165) is 16.0 Å². The standard InChI is InChI=1S/C31H24ClN3O4/c32-27-28(31(38)35(30(27)37)19-21-8-3-1-4-9-21)33-25-13-7-12-23(18-25)29(36)34-24-14-16-26(17-15-24)39-20-22-10-5-2-6-11-22/h1-18,33H,19-20H2,(H,34,36). The number of nitrogens with one attached hydrogen (secondary N) is 2. The maximum Gasteiger partial charge on any atom is 0.279 e.